The van der Waals surface area contributed by atoms with Crippen molar-refractivity contribution in [3.8, 4) is 0 Å². The Balaban J connectivity index is 1.97. The number of hydrogen-bond acceptors (Lipinski definition) is 3. The summed E-state index contributed by atoms with van der Waals surface area (Å²) >= 11 is 0. The highest BCUT2D eigenvalue weighted by Gasteiger charge is 2.28. The van der Waals surface area contributed by atoms with Gasteiger partial charge in [-0.05, 0) is 24.8 Å². The summed E-state index contributed by atoms with van der Waals surface area (Å²) in [4.78, 5) is 13.9. The zero-order valence-corrected chi connectivity index (χ0v) is 11.9. The molecule has 1 amide bonds. The molecule has 0 aromatic carbocycles. The summed E-state index contributed by atoms with van der Waals surface area (Å²) in [7, 11) is 1.77. The SMILES string of the molecule is CC(C)c1cc(C(=O)N(C)CC2CCCC2O)n[nH]1. The van der Waals surface area contributed by atoms with E-state index in [2.05, 4.69) is 24.0 Å². The third-order valence-corrected chi connectivity index (χ3v) is 3.91. The van der Waals surface area contributed by atoms with E-state index in [-0.39, 0.29) is 17.9 Å². The van der Waals surface area contributed by atoms with Crippen LogP contribution in [0.1, 0.15) is 55.2 Å². The van der Waals surface area contributed by atoms with Crippen molar-refractivity contribution in [1.29, 1.82) is 0 Å². The molecule has 1 fully saturated rings. The van der Waals surface area contributed by atoms with Crippen molar-refractivity contribution in [3.63, 3.8) is 0 Å². The van der Waals surface area contributed by atoms with Crippen molar-refractivity contribution in [3.05, 3.63) is 17.5 Å². The molecule has 2 unspecified atom stereocenters. The number of amides is 1. The lowest BCUT2D eigenvalue weighted by Crippen LogP contribution is -2.34. The van der Waals surface area contributed by atoms with Crippen LogP contribution in [0.2, 0.25) is 0 Å². The molecule has 1 aromatic heterocycles. The molecule has 0 saturated heterocycles. The van der Waals surface area contributed by atoms with Crippen LogP contribution in [-0.2, 0) is 0 Å². The molecule has 1 aliphatic carbocycles. The second-order valence-electron chi connectivity index (χ2n) is 5.81. The third-order valence-electron chi connectivity index (χ3n) is 3.91. The quantitative estimate of drug-likeness (QED) is 0.871. The van der Waals surface area contributed by atoms with Crippen molar-refractivity contribution >= 4 is 5.91 Å². The zero-order chi connectivity index (χ0) is 14.0. The summed E-state index contributed by atoms with van der Waals surface area (Å²) in [5.41, 5.74) is 1.43. The van der Waals surface area contributed by atoms with Gasteiger partial charge in [0.15, 0.2) is 0 Å². The van der Waals surface area contributed by atoms with E-state index < -0.39 is 0 Å². The highest BCUT2D eigenvalue weighted by atomic mass is 16.3. The summed E-state index contributed by atoms with van der Waals surface area (Å²) in [5, 5.41) is 16.8. The zero-order valence-electron chi connectivity index (χ0n) is 11.9. The van der Waals surface area contributed by atoms with Gasteiger partial charge >= 0.3 is 0 Å². The van der Waals surface area contributed by atoms with Crippen LogP contribution in [0.25, 0.3) is 0 Å². The smallest absolute Gasteiger partial charge is 0.274 e. The predicted octanol–water partition coefficient (Wildman–Crippen LogP) is 1.77. The van der Waals surface area contributed by atoms with Crippen molar-refractivity contribution in [2.24, 2.45) is 5.92 Å². The number of aliphatic hydroxyl groups is 1. The van der Waals surface area contributed by atoms with Gasteiger partial charge in [-0.15, -0.1) is 0 Å². The summed E-state index contributed by atoms with van der Waals surface area (Å²) in [6.07, 6.45) is 2.64. The number of aromatic amines is 1. The average Bonchev–Trinajstić information content (AvgIpc) is 2.98. The lowest BCUT2D eigenvalue weighted by atomic mass is 10.1. The van der Waals surface area contributed by atoms with Crippen molar-refractivity contribution < 1.29 is 9.90 Å². The number of carbonyl (C=O) groups excluding carboxylic acids is 1. The van der Waals surface area contributed by atoms with Gasteiger partial charge in [0.25, 0.3) is 5.91 Å². The summed E-state index contributed by atoms with van der Waals surface area (Å²) in [6, 6.07) is 1.81. The first-order valence-corrected chi connectivity index (χ1v) is 6.98. The molecule has 19 heavy (non-hydrogen) atoms. The highest BCUT2D eigenvalue weighted by molar-refractivity contribution is 5.92. The van der Waals surface area contributed by atoms with E-state index in [0.717, 1.165) is 25.0 Å². The number of aromatic nitrogens is 2. The maximum atomic E-state index is 12.2. The van der Waals surface area contributed by atoms with Crippen LogP contribution in [0, 0.1) is 5.92 Å². The molecule has 2 N–H and O–H groups in total. The minimum Gasteiger partial charge on any atom is -0.393 e. The average molecular weight is 265 g/mol. The molecule has 1 aliphatic rings. The normalized spacial score (nSPS) is 23.0. The molecule has 0 bridgehead atoms. The maximum absolute atomic E-state index is 12.2. The molecule has 2 rings (SSSR count). The lowest BCUT2D eigenvalue weighted by molar-refractivity contribution is 0.0688. The lowest BCUT2D eigenvalue weighted by Gasteiger charge is -2.22. The van der Waals surface area contributed by atoms with E-state index in [4.69, 9.17) is 0 Å². The van der Waals surface area contributed by atoms with Crippen LogP contribution in [0.3, 0.4) is 0 Å². The number of rotatable bonds is 4. The number of H-pyrrole nitrogens is 1. The van der Waals surface area contributed by atoms with E-state index in [9.17, 15) is 9.90 Å². The fourth-order valence-electron chi connectivity index (χ4n) is 2.60. The van der Waals surface area contributed by atoms with Gasteiger partial charge in [-0.2, -0.15) is 5.10 Å². The first kappa shape index (κ1) is 14.1. The first-order valence-electron chi connectivity index (χ1n) is 6.98. The molecule has 5 nitrogen and oxygen atoms in total. The molecule has 5 heteroatoms. The Morgan fingerprint density at radius 2 is 2.32 bits per heavy atom. The van der Waals surface area contributed by atoms with Gasteiger partial charge in [0.05, 0.1) is 6.10 Å². The molecule has 1 heterocycles. The Morgan fingerprint density at radius 3 is 2.84 bits per heavy atom. The van der Waals surface area contributed by atoms with Gasteiger partial charge in [0, 0.05) is 25.2 Å². The van der Waals surface area contributed by atoms with E-state index in [1.165, 1.54) is 0 Å². The fourth-order valence-corrected chi connectivity index (χ4v) is 2.60. The van der Waals surface area contributed by atoms with Crippen molar-refractivity contribution in [1.82, 2.24) is 15.1 Å². The minimum absolute atomic E-state index is 0.0812. The molecular weight excluding hydrogens is 242 g/mol. The molecule has 0 spiro atoms. The second-order valence-corrected chi connectivity index (χ2v) is 5.81. The number of nitrogens with zero attached hydrogens (tertiary/aromatic N) is 2. The van der Waals surface area contributed by atoms with Crippen molar-refractivity contribution in [2.75, 3.05) is 13.6 Å². The summed E-state index contributed by atoms with van der Waals surface area (Å²) in [6.45, 7) is 4.71. The Kier molecular flexibility index (Phi) is 4.24. The monoisotopic (exact) mass is 265 g/mol. The van der Waals surface area contributed by atoms with Crippen LogP contribution in [0.15, 0.2) is 6.07 Å². The largest absolute Gasteiger partial charge is 0.393 e. The van der Waals surface area contributed by atoms with E-state index in [0.29, 0.717) is 18.2 Å². The molecule has 1 saturated carbocycles. The van der Waals surface area contributed by atoms with E-state index in [1.807, 2.05) is 6.07 Å². The van der Waals surface area contributed by atoms with Crippen LogP contribution in [-0.4, -0.2) is 45.8 Å². The van der Waals surface area contributed by atoms with Gasteiger partial charge in [0.2, 0.25) is 0 Å². The Hall–Kier alpha value is -1.36. The minimum atomic E-state index is -0.263. The third kappa shape index (κ3) is 3.15. The number of carbonyl (C=O) groups is 1. The van der Waals surface area contributed by atoms with Crippen LogP contribution in [0.4, 0.5) is 0 Å². The fraction of sp³-hybridized carbons (Fsp3) is 0.714. The summed E-state index contributed by atoms with van der Waals surface area (Å²) < 4.78 is 0. The molecular formula is C14H23N3O2. The summed E-state index contributed by atoms with van der Waals surface area (Å²) in [5.74, 6) is 0.454. The van der Waals surface area contributed by atoms with Gasteiger partial charge in [-0.1, -0.05) is 20.3 Å². The van der Waals surface area contributed by atoms with E-state index in [1.54, 1.807) is 11.9 Å². The molecule has 0 radical (unpaired) electrons. The number of nitrogens with one attached hydrogen (secondary N) is 1. The standard InChI is InChI=1S/C14H23N3O2/c1-9(2)11-7-12(16-15-11)14(19)17(3)8-10-5-4-6-13(10)18/h7,9-10,13,18H,4-6,8H2,1-3H3,(H,15,16). The van der Waals surface area contributed by atoms with Crippen LogP contribution >= 0.6 is 0 Å². The molecule has 2 atom stereocenters. The van der Waals surface area contributed by atoms with Crippen molar-refractivity contribution in [2.45, 2.75) is 45.1 Å². The second kappa shape index (κ2) is 5.74. The molecule has 106 valence electrons. The van der Waals surface area contributed by atoms with Crippen LogP contribution < -0.4 is 0 Å². The van der Waals surface area contributed by atoms with Crippen LogP contribution in [0.5, 0.6) is 0 Å². The highest BCUT2D eigenvalue weighted by Crippen LogP contribution is 2.26. The van der Waals surface area contributed by atoms with E-state index >= 15 is 0 Å². The van der Waals surface area contributed by atoms with Gasteiger partial charge in [-0.25, -0.2) is 0 Å². The van der Waals surface area contributed by atoms with Gasteiger partial charge in [-0.3, -0.25) is 9.89 Å². The number of hydrogen-bond donors (Lipinski definition) is 2. The molecule has 1 aromatic rings. The Bertz CT molecular complexity index is 442. The topological polar surface area (TPSA) is 69.2 Å². The maximum Gasteiger partial charge on any atom is 0.274 e. The Morgan fingerprint density at radius 1 is 1.58 bits per heavy atom. The number of aliphatic hydroxyl groups excluding tert-OH is 1. The van der Waals surface area contributed by atoms with Gasteiger partial charge in [0.1, 0.15) is 5.69 Å². The first-order chi connectivity index (χ1) is 8.99. The predicted molar refractivity (Wildman–Crippen MR) is 73.0 cm³/mol. The molecule has 0 aliphatic heterocycles. The van der Waals surface area contributed by atoms with Gasteiger partial charge < -0.3 is 10.0 Å². The Labute approximate surface area is 114 Å².